The van der Waals surface area contributed by atoms with Crippen molar-refractivity contribution in [3.05, 3.63) is 57.8 Å². The lowest BCUT2D eigenvalue weighted by atomic mass is 10.1. The highest BCUT2D eigenvalue weighted by atomic mass is 79.9. The predicted octanol–water partition coefficient (Wildman–Crippen LogP) is 3.21. The standard InChI is InChI=1S/C17H17BrFNO5S/c1-25-15-10-14(19)16(9-13(15)17(21)22)26(23,24)20-8-2-3-11-4-6-12(18)7-5-11/h4-7,9-10,20H,2-3,8H2,1H3,(H,21,22). The second-order valence-electron chi connectivity index (χ2n) is 5.42. The summed E-state index contributed by atoms with van der Waals surface area (Å²) in [7, 11) is -3.01. The molecule has 6 nitrogen and oxygen atoms in total. The third-order valence-electron chi connectivity index (χ3n) is 3.62. The molecule has 140 valence electrons. The Labute approximate surface area is 159 Å². The molecule has 26 heavy (non-hydrogen) atoms. The van der Waals surface area contributed by atoms with E-state index in [0.717, 1.165) is 22.2 Å². The fourth-order valence-corrected chi connectivity index (χ4v) is 3.73. The third kappa shape index (κ3) is 5.03. The Morgan fingerprint density at radius 1 is 1.27 bits per heavy atom. The Kier molecular flexibility index (Phi) is 6.74. The number of hydrogen-bond acceptors (Lipinski definition) is 4. The zero-order chi connectivity index (χ0) is 19.3. The largest absolute Gasteiger partial charge is 0.496 e. The SMILES string of the molecule is COc1cc(F)c(S(=O)(=O)NCCCc2ccc(Br)cc2)cc1C(=O)O. The van der Waals surface area contributed by atoms with Crippen LogP contribution in [0.15, 0.2) is 45.8 Å². The summed E-state index contributed by atoms with van der Waals surface area (Å²) < 4.78 is 46.7. The minimum Gasteiger partial charge on any atom is -0.496 e. The van der Waals surface area contributed by atoms with Crippen LogP contribution in [-0.2, 0) is 16.4 Å². The van der Waals surface area contributed by atoms with E-state index in [9.17, 15) is 17.6 Å². The Morgan fingerprint density at radius 3 is 2.50 bits per heavy atom. The van der Waals surface area contributed by atoms with Crippen LogP contribution in [0.3, 0.4) is 0 Å². The number of aryl methyl sites for hydroxylation is 1. The van der Waals surface area contributed by atoms with Crippen LogP contribution >= 0.6 is 15.9 Å². The van der Waals surface area contributed by atoms with Crippen LogP contribution < -0.4 is 9.46 Å². The van der Waals surface area contributed by atoms with Crippen LogP contribution in [-0.4, -0.2) is 33.1 Å². The summed E-state index contributed by atoms with van der Waals surface area (Å²) in [4.78, 5) is 10.5. The van der Waals surface area contributed by atoms with Crippen molar-refractivity contribution < 1.29 is 27.4 Å². The Balaban J connectivity index is 2.08. The lowest BCUT2D eigenvalue weighted by molar-refractivity contribution is 0.0693. The van der Waals surface area contributed by atoms with E-state index >= 15 is 0 Å². The highest BCUT2D eigenvalue weighted by Crippen LogP contribution is 2.25. The molecule has 2 aromatic rings. The number of methoxy groups -OCH3 is 1. The van der Waals surface area contributed by atoms with Gasteiger partial charge in [-0.05, 0) is 36.6 Å². The molecule has 0 aliphatic heterocycles. The maximum Gasteiger partial charge on any atom is 0.339 e. The molecule has 0 radical (unpaired) electrons. The molecule has 2 N–H and O–H groups in total. The van der Waals surface area contributed by atoms with Gasteiger partial charge in [0.05, 0.1) is 7.11 Å². The molecule has 0 saturated carbocycles. The zero-order valence-corrected chi connectivity index (χ0v) is 16.2. The number of hydrogen-bond donors (Lipinski definition) is 2. The Bertz CT molecular complexity index is 900. The lowest BCUT2D eigenvalue weighted by Gasteiger charge is -2.11. The molecule has 2 aromatic carbocycles. The molecular weight excluding hydrogens is 429 g/mol. The molecule has 9 heteroatoms. The fraction of sp³-hybridized carbons (Fsp3) is 0.235. The molecule has 0 spiro atoms. The van der Waals surface area contributed by atoms with Crippen molar-refractivity contribution in [2.75, 3.05) is 13.7 Å². The zero-order valence-electron chi connectivity index (χ0n) is 13.8. The third-order valence-corrected chi connectivity index (χ3v) is 5.63. The molecule has 0 amide bonds. The number of benzene rings is 2. The number of carboxylic acid groups (broad SMARTS) is 1. The van der Waals surface area contributed by atoms with Crippen molar-refractivity contribution in [2.45, 2.75) is 17.7 Å². The van der Waals surface area contributed by atoms with Crippen LogP contribution in [0.1, 0.15) is 22.3 Å². The normalized spacial score (nSPS) is 11.3. The molecule has 0 heterocycles. The van der Waals surface area contributed by atoms with E-state index in [1.165, 1.54) is 7.11 Å². The minimum atomic E-state index is -4.18. The topological polar surface area (TPSA) is 92.7 Å². The summed E-state index contributed by atoms with van der Waals surface area (Å²) in [6.07, 6.45) is 1.14. The number of aromatic carboxylic acids is 1. The molecule has 0 fully saturated rings. The average Bonchev–Trinajstić information content (AvgIpc) is 2.59. The summed E-state index contributed by atoms with van der Waals surface area (Å²) in [5.41, 5.74) is 0.611. The summed E-state index contributed by atoms with van der Waals surface area (Å²) in [6, 6.07) is 9.12. The van der Waals surface area contributed by atoms with Gasteiger partial charge in [-0.3, -0.25) is 0 Å². The summed E-state index contributed by atoms with van der Waals surface area (Å²) in [5.74, 6) is -2.73. The molecule has 0 unspecified atom stereocenters. The van der Waals surface area contributed by atoms with Crippen LogP contribution in [0.2, 0.25) is 0 Å². The van der Waals surface area contributed by atoms with E-state index in [1.807, 2.05) is 24.3 Å². The van der Waals surface area contributed by atoms with Gasteiger partial charge >= 0.3 is 5.97 Å². The Morgan fingerprint density at radius 2 is 1.92 bits per heavy atom. The van der Waals surface area contributed by atoms with Crippen molar-refractivity contribution in [3.8, 4) is 5.75 Å². The number of ether oxygens (including phenoxy) is 1. The van der Waals surface area contributed by atoms with Crippen molar-refractivity contribution in [1.82, 2.24) is 4.72 Å². The minimum absolute atomic E-state index is 0.0896. The molecule has 0 aliphatic rings. The molecule has 2 rings (SSSR count). The molecule has 0 aliphatic carbocycles. The van der Waals surface area contributed by atoms with Crippen LogP contribution in [0.4, 0.5) is 4.39 Å². The summed E-state index contributed by atoms with van der Waals surface area (Å²) in [5, 5.41) is 9.12. The summed E-state index contributed by atoms with van der Waals surface area (Å²) >= 11 is 3.33. The van der Waals surface area contributed by atoms with E-state index in [4.69, 9.17) is 9.84 Å². The molecular formula is C17H17BrFNO5S. The number of carboxylic acids is 1. The van der Waals surface area contributed by atoms with E-state index in [1.54, 1.807) is 0 Å². The van der Waals surface area contributed by atoms with Gasteiger partial charge in [0.25, 0.3) is 0 Å². The van der Waals surface area contributed by atoms with E-state index in [2.05, 4.69) is 20.7 Å². The van der Waals surface area contributed by atoms with Crippen molar-refractivity contribution >= 4 is 31.9 Å². The van der Waals surface area contributed by atoms with E-state index in [-0.39, 0.29) is 12.3 Å². The van der Waals surface area contributed by atoms with Gasteiger partial charge < -0.3 is 9.84 Å². The van der Waals surface area contributed by atoms with Gasteiger partial charge in [0, 0.05) is 17.1 Å². The van der Waals surface area contributed by atoms with E-state index < -0.39 is 32.3 Å². The molecule has 0 bridgehead atoms. The maximum absolute atomic E-state index is 14.1. The Hall–Kier alpha value is -1.97. The monoisotopic (exact) mass is 445 g/mol. The number of carbonyl (C=O) groups is 1. The van der Waals surface area contributed by atoms with Gasteiger partial charge in [0.1, 0.15) is 22.0 Å². The van der Waals surface area contributed by atoms with Crippen molar-refractivity contribution in [1.29, 1.82) is 0 Å². The van der Waals surface area contributed by atoms with Gasteiger partial charge in [0.2, 0.25) is 10.0 Å². The van der Waals surface area contributed by atoms with Crippen LogP contribution in [0.5, 0.6) is 5.75 Å². The van der Waals surface area contributed by atoms with Crippen LogP contribution in [0, 0.1) is 5.82 Å². The number of nitrogens with one attached hydrogen (secondary N) is 1. The first-order valence-corrected chi connectivity index (χ1v) is 9.87. The molecule has 0 aromatic heterocycles. The molecule has 0 saturated heterocycles. The summed E-state index contributed by atoms with van der Waals surface area (Å²) in [6.45, 7) is 0.0896. The van der Waals surface area contributed by atoms with Gasteiger partial charge in [0.15, 0.2) is 0 Å². The average molecular weight is 446 g/mol. The van der Waals surface area contributed by atoms with Crippen molar-refractivity contribution in [3.63, 3.8) is 0 Å². The quantitative estimate of drug-likeness (QED) is 0.608. The number of halogens is 2. The number of rotatable bonds is 8. The predicted molar refractivity (Wildman–Crippen MR) is 97.6 cm³/mol. The highest BCUT2D eigenvalue weighted by Gasteiger charge is 2.24. The lowest BCUT2D eigenvalue weighted by Crippen LogP contribution is -2.26. The van der Waals surface area contributed by atoms with Crippen LogP contribution in [0.25, 0.3) is 0 Å². The highest BCUT2D eigenvalue weighted by molar-refractivity contribution is 9.10. The molecule has 0 atom stereocenters. The van der Waals surface area contributed by atoms with Crippen molar-refractivity contribution in [2.24, 2.45) is 0 Å². The van der Waals surface area contributed by atoms with Gasteiger partial charge in [-0.2, -0.15) is 0 Å². The smallest absolute Gasteiger partial charge is 0.339 e. The van der Waals surface area contributed by atoms with E-state index in [0.29, 0.717) is 12.8 Å². The second-order valence-corrected chi connectivity index (χ2v) is 8.07. The first-order valence-electron chi connectivity index (χ1n) is 7.59. The number of sulfonamides is 1. The first kappa shape index (κ1) is 20.3. The van der Waals surface area contributed by atoms with Gasteiger partial charge in [-0.25, -0.2) is 22.3 Å². The second kappa shape index (κ2) is 8.61. The fourth-order valence-electron chi connectivity index (χ4n) is 2.30. The first-order chi connectivity index (χ1) is 12.2. The maximum atomic E-state index is 14.1. The van der Waals surface area contributed by atoms with Gasteiger partial charge in [-0.15, -0.1) is 0 Å². The van der Waals surface area contributed by atoms with Gasteiger partial charge in [-0.1, -0.05) is 28.1 Å².